The van der Waals surface area contributed by atoms with Gasteiger partial charge in [-0.2, -0.15) is 0 Å². The summed E-state index contributed by atoms with van der Waals surface area (Å²) in [4.78, 5) is 13.0. The smallest absolute Gasteiger partial charge is 0.335 e. The lowest BCUT2D eigenvalue weighted by Gasteiger charge is -2.51. The van der Waals surface area contributed by atoms with Crippen LogP contribution in [0.3, 0.4) is 0 Å². The number of hydrogen-bond acceptors (Lipinski definition) is 2. The molecule has 1 aliphatic heterocycles. The summed E-state index contributed by atoms with van der Waals surface area (Å²) in [7, 11) is 0. The van der Waals surface area contributed by atoms with Crippen LogP contribution in [-0.2, 0) is 0 Å². The van der Waals surface area contributed by atoms with Crippen molar-refractivity contribution in [2.24, 2.45) is 5.41 Å². The first kappa shape index (κ1) is 13.4. The van der Waals surface area contributed by atoms with Gasteiger partial charge in [0, 0.05) is 18.5 Å². The van der Waals surface area contributed by atoms with Gasteiger partial charge in [0.1, 0.15) is 5.82 Å². The largest absolute Gasteiger partial charge is 0.478 e. The maximum absolute atomic E-state index is 13.9. The fraction of sp³-hybridized carbons (Fsp3) is 0.562. The molecule has 1 heterocycles. The molecule has 1 saturated heterocycles. The zero-order valence-electron chi connectivity index (χ0n) is 11.6. The van der Waals surface area contributed by atoms with E-state index in [1.807, 2.05) is 4.90 Å². The average Bonchev–Trinajstić information content (AvgIpc) is 2.63. The number of anilines is 1. The molecule has 1 saturated carbocycles. The average molecular weight is 277 g/mol. The van der Waals surface area contributed by atoms with Gasteiger partial charge in [-0.3, -0.25) is 0 Å². The third kappa shape index (κ3) is 2.39. The van der Waals surface area contributed by atoms with Crippen molar-refractivity contribution in [2.45, 2.75) is 38.5 Å². The summed E-state index contributed by atoms with van der Waals surface area (Å²) in [6, 6.07) is 4.04. The third-order valence-electron chi connectivity index (χ3n) is 4.75. The quantitative estimate of drug-likeness (QED) is 0.896. The summed E-state index contributed by atoms with van der Waals surface area (Å²) in [5.74, 6) is -1.32. The SMILES string of the molecule is O=C(O)c1ccc(F)c(N2CC3(CCCCCC3)C2)c1. The molecule has 0 atom stereocenters. The highest BCUT2D eigenvalue weighted by atomic mass is 19.1. The van der Waals surface area contributed by atoms with Crippen LogP contribution in [-0.4, -0.2) is 24.2 Å². The van der Waals surface area contributed by atoms with E-state index in [0.29, 0.717) is 11.1 Å². The maximum atomic E-state index is 13.9. The van der Waals surface area contributed by atoms with Gasteiger partial charge in [-0.05, 0) is 31.0 Å². The summed E-state index contributed by atoms with van der Waals surface area (Å²) in [6.45, 7) is 1.74. The third-order valence-corrected chi connectivity index (χ3v) is 4.75. The molecule has 0 aromatic heterocycles. The summed E-state index contributed by atoms with van der Waals surface area (Å²) in [5.41, 5.74) is 0.949. The molecule has 0 unspecified atom stereocenters. The minimum absolute atomic E-state index is 0.156. The van der Waals surface area contributed by atoms with E-state index in [-0.39, 0.29) is 11.4 Å². The second-order valence-corrected chi connectivity index (χ2v) is 6.24. The molecular formula is C16H20FNO2. The normalized spacial score (nSPS) is 21.4. The Balaban J connectivity index is 1.75. The monoisotopic (exact) mass is 277 g/mol. The highest BCUT2D eigenvalue weighted by Gasteiger charge is 2.43. The molecule has 1 N–H and O–H groups in total. The first-order valence-electron chi connectivity index (χ1n) is 7.38. The lowest BCUT2D eigenvalue weighted by atomic mass is 9.73. The predicted molar refractivity (Wildman–Crippen MR) is 75.7 cm³/mol. The molecule has 4 heteroatoms. The predicted octanol–water partition coefficient (Wildman–Crippen LogP) is 3.68. The first-order valence-corrected chi connectivity index (χ1v) is 7.38. The highest BCUT2D eigenvalue weighted by molar-refractivity contribution is 5.89. The molecule has 0 bridgehead atoms. The number of carbonyl (C=O) groups is 1. The van der Waals surface area contributed by atoms with Gasteiger partial charge in [-0.25, -0.2) is 9.18 Å². The summed E-state index contributed by atoms with van der Waals surface area (Å²) < 4.78 is 13.9. The number of benzene rings is 1. The molecule has 1 aliphatic carbocycles. The van der Waals surface area contributed by atoms with Gasteiger partial charge in [-0.15, -0.1) is 0 Å². The number of rotatable bonds is 2. The van der Waals surface area contributed by atoms with E-state index >= 15 is 0 Å². The Labute approximate surface area is 118 Å². The molecule has 1 aromatic rings. The molecule has 2 fully saturated rings. The molecule has 108 valence electrons. The van der Waals surface area contributed by atoms with E-state index in [9.17, 15) is 9.18 Å². The van der Waals surface area contributed by atoms with Gasteiger partial charge in [0.05, 0.1) is 11.3 Å². The maximum Gasteiger partial charge on any atom is 0.335 e. The number of aromatic carboxylic acids is 1. The number of nitrogens with zero attached hydrogens (tertiary/aromatic N) is 1. The van der Waals surface area contributed by atoms with E-state index < -0.39 is 5.97 Å². The van der Waals surface area contributed by atoms with Crippen molar-refractivity contribution >= 4 is 11.7 Å². The van der Waals surface area contributed by atoms with Crippen LogP contribution in [0.4, 0.5) is 10.1 Å². The molecule has 20 heavy (non-hydrogen) atoms. The summed E-state index contributed by atoms with van der Waals surface area (Å²) in [6.07, 6.45) is 7.61. The van der Waals surface area contributed by atoms with Gasteiger partial charge >= 0.3 is 5.97 Å². The Morgan fingerprint density at radius 1 is 1.15 bits per heavy atom. The number of carboxylic acids is 1. The molecular weight excluding hydrogens is 257 g/mol. The lowest BCUT2D eigenvalue weighted by molar-refractivity contribution is 0.0697. The van der Waals surface area contributed by atoms with E-state index in [1.165, 1.54) is 56.7 Å². The number of hydrogen-bond donors (Lipinski definition) is 1. The molecule has 2 aliphatic rings. The Hall–Kier alpha value is -1.58. The molecule has 0 radical (unpaired) electrons. The molecule has 1 spiro atoms. The van der Waals surface area contributed by atoms with Crippen LogP contribution < -0.4 is 4.90 Å². The van der Waals surface area contributed by atoms with Crippen LogP contribution in [0.5, 0.6) is 0 Å². The lowest BCUT2D eigenvalue weighted by Crippen LogP contribution is -2.56. The molecule has 3 rings (SSSR count). The van der Waals surface area contributed by atoms with E-state index in [4.69, 9.17) is 5.11 Å². The van der Waals surface area contributed by atoms with Gasteiger partial charge in [-0.1, -0.05) is 25.7 Å². The second kappa shape index (κ2) is 5.08. The van der Waals surface area contributed by atoms with Crippen LogP contribution in [0.1, 0.15) is 48.9 Å². The summed E-state index contributed by atoms with van der Waals surface area (Å²) >= 11 is 0. The Morgan fingerprint density at radius 3 is 2.40 bits per heavy atom. The van der Waals surface area contributed by atoms with Gasteiger partial charge in [0.2, 0.25) is 0 Å². The Morgan fingerprint density at radius 2 is 1.80 bits per heavy atom. The van der Waals surface area contributed by atoms with Crippen molar-refractivity contribution < 1.29 is 14.3 Å². The summed E-state index contributed by atoms with van der Waals surface area (Å²) in [5, 5.41) is 9.01. The van der Waals surface area contributed by atoms with Crippen molar-refractivity contribution in [3.8, 4) is 0 Å². The number of carboxylic acid groups (broad SMARTS) is 1. The fourth-order valence-corrected chi connectivity index (χ4v) is 3.62. The number of halogens is 1. The molecule has 1 aromatic carbocycles. The zero-order chi connectivity index (χ0) is 14.2. The molecule has 3 nitrogen and oxygen atoms in total. The Bertz CT molecular complexity index is 513. The van der Waals surface area contributed by atoms with Crippen LogP contribution in [0, 0.1) is 11.2 Å². The van der Waals surface area contributed by atoms with Crippen LogP contribution in [0.15, 0.2) is 18.2 Å². The Kier molecular flexibility index (Phi) is 3.40. The van der Waals surface area contributed by atoms with Crippen molar-refractivity contribution in [3.63, 3.8) is 0 Å². The van der Waals surface area contributed by atoms with Crippen LogP contribution >= 0.6 is 0 Å². The van der Waals surface area contributed by atoms with Crippen LogP contribution in [0.25, 0.3) is 0 Å². The van der Waals surface area contributed by atoms with Gasteiger partial charge in [0.15, 0.2) is 0 Å². The van der Waals surface area contributed by atoms with Crippen molar-refractivity contribution in [1.82, 2.24) is 0 Å². The molecule has 0 amide bonds. The van der Waals surface area contributed by atoms with Crippen molar-refractivity contribution in [1.29, 1.82) is 0 Å². The van der Waals surface area contributed by atoms with Crippen molar-refractivity contribution in [3.05, 3.63) is 29.6 Å². The fourth-order valence-electron chi connectivity index (χ4n) is 3.62. The first-order chi connectivity index (χ1) is 9.60. The van der Waals surface area contributed by atoms with Crippen LogP contribution in [0.2, 0.25) is 0 Å². The van der Waals surface area contributed by atoms with E-state index in [2.05, 4.69) is 0 Å². The minimum Gasteiger partial charge on any atom is -0.478 e. The zero-order valence-corrected chi connectivity index (χ0v) is 11.6. The standard InChI is InChI=1S/C16H20FNO2/c17-13-6-5-12(15(19)20)9-14(13)18-10-16(11-18)7-3-1-2-4-8-16/h5-6,9H,1-4,7-8,10-11H2,(H,19,20). The second-order valence-electron chi connectivity index (χ2n) is 6.24. The van der Waals surface area contributed by atoms with Gasteiger partial charge in [0.25, 0.3) is 0 Å². The topological polar surface area (TPSA) is 40.5 Å². The van der Waals surface area contributed by atoms with Gasteiger partial charge < -0.3 is 10.0 Å². The van der Waals surface area contributed by atoms with Crippen molar-refractivity contribution in [2.75, 3.05) is 18.0 Å². The minimum atomic E-state index is -1.00. The van der Waals surface area contributed by atoms with E-state index in [0.717, 1.165) is 13.1 Å². The van der Waals surface area contributed by atoms with E-state index in [1.54, 1.807) is 0 Å². The highest BCUT2D eigenvalue weighted by Crippen LogP contribution is 2.45.